The van der Waals surface area contributed by atoms with Crippen LogP contribution in [0.1, 0.15) is 19.4 Å². The van der Waals surface area contributed by atoms with Crippen LogP contribution < -0.4 is 0 Å². The first-order valence-electron chi connectivity index (χ1n) is 8.04. The molecular formula is C19H19Cl3N4. The van der Waals surface area contributed by atoms with Gasteiger partial charge in [-0.15, -0.1) is 0 Å². The molecule has 1 aromatic heterocycles. The molecule has 0 fully saturated rings. The van der Waals surface area contributed by atoms with Crippen LogP contribution >= 0.6 is 34.8 Å². The smallest absolute Gasteiger partial charge is 0.137 e. The van der Waals surface area contributed by atoms with E-state index in [1.54, 1.807) is 29.2 Å². The van der Waals surface area contributed by atoms with E-state index >= 15 is 0 Å². The number of halogens is 3. The summed E-state index contributed by atoms with van der Waals surface area (Å²) in [7, 11) is 0. The summed E-state index contributed by atoms with van der Waals surface area (Å²) in [6, 6.07) is 13.1. The number of hydrogen-bond donors (Lipinski definition) is 0. The normalized spacial score (nSPS) is 11.0. The third-order valence-corrected chi connectivity index (χ3v) is 4.19. The summed E-state index contributed by atoms with van der Waals surface area (Å²) in [5.41, 5.74) is 2.92. The first kappa shape index (κ1) is 20.4. The van der Waals surface area contributed by atoms with E-state index in [-0.39, 0.29) is 0 Å². The number of benzene rings is 2. The fourth-order valence-electron chi connectivity index (χ4n) is 2.08. The molecule has 1 heterocycles. The Hall–Kier alpha value is -1.88. The number of rotatable bonds is 4. The molecule has 136 valence electrons. The summed E-state index contributed by atoms with van der Waals surface area (Å²) in [4.78, 5) is 8.28. The largest absolute Gasteiger partial charge is 0.255 e. The van der Waals surface area contributed by atoms with Crippen LogP contribution in [0.3, 0.4) is 0 Å². The van der Waals surface area contributed by atoms with E-state index in [4.69, 9.17) is 34.8 Å². The van der Waals surface area contributed by atoms with Gasteiger partial charge in [0.05, 0.1) is 17.3 Å². The molecule has 0 aliphatic carbocycles. The van der Waals surface area contributed by atoms with E-state index < -0.39 is 0 Å². The van der Waals surface area contributed by atoms with Crippen LogP contribution in [0, 0.1) is 0 Å². The van der Waals surface area contributed by atoms with Gasteiger partial charge >= 0.3 is 0 Å². The Morgan fingerprint density at radius 1 is 1.04 bits per heavy atom. The van der Waals surface area contributed by atoms with Crippen molar-refractivity contribution in [3.8, 4) is 0 Å². The van der Waals surface area contributed by atoms with Crippen molar-refractivity contribution < 1.29 is 0 Å². The van der Waals surface area contributed by atoms with Crippen molar-refractivity contribution in [1.82, 2.24) is 14.8 Å². The Balaban J connectivity index is 0.000000228. The molecule has 0 atom stereocenters. The van der Waals surface area contributed by atoms with E-state index in [2.05, 4.69) is 22.0 Å². The molecule has 0 spiro atoms. The topological polar surface area (TPSA) is 43.1 Å². The standard InChI is InChI=1S/C11H10Cl2N4.C8H9Cl/c1-8(5-17-7-14-6-15-17)16-11-3-2-9(12)4-10(11)13;1-2-7-3-5-8(9)6-4-7/h2-4,6-7H,5H2,1H3;3-6H,2H2,1H3. The van der Waals surface area contributed by atoms with Gasteiger partial charge in [0.15, 0.2) is 0 Å². The van der Waals surface area contributed by atoms with E-state index in [0.717, 1.165) is 17.2 Å². The number of nitrogens with zero attached hydrogens (tertiary/aromatic N) is 4. The van der Waals surface area contributed by atoms with Crippen molar-refractivity contribution in [3.05, 3.63) is 75.8 Å². The third kappa shape index (κ3) is 6.79. The Kier molecular flexibility index (Phi) is 8.10. The molecule has 7 heteroatoms. The van der Waals surface area contributed by atoms with Crippen molar-refractivity contribution in [1.29, 1.82) is 0 Å². The lowest BCUT2D eigenvalue weighted by Gasteiger charge is -2.02. The van der Waals surface area contributed by atoms with Crippen LogP contribution in [0.5, 0.6) is 0 Å². The molecular weight excluding hydrogens is 391 g/mol. The fraction of sp³-hybridized carbons (Fsp3) is 0.211. The zero-order valence-corrected chi connectivity index (χ0v) is 16.8. The van der Waals surface area contributed by atoms with E-state index in [1.807, 2.05) is 31.2 Å². The average molecular weight is 410 g/mol. The summed E-state index contributed by atoms with van der Waals surface area (Å²) < 4.78 is 1.70. The SMILES string of the molecule is CC(Cn1cncn1)=Nc1ccc(Cl)cc1Cl.CCc1ccc(Cl)cc1. The summed E-state index contributed by atoms with van der Waals surface area (Å²) >= 11 is 17.5. The molecule has 0 saturated carbocycles. The van der Waals surface area contributed by atoms with Crippen LogP contribution in [0.15, 0.2) is 60.1 Å². The lowest BCUT2D eigenvalue weighted by Crippen LogP contribution is -2.06. The Morgan fingerprint density at radius 2 is 1.73 bits per heavy atom. The average Bonchev–Trinajstić information content (AvgIpc) is 3.12. The maximum absolute atomic E-state index is 6.03. The highest BCUT2D eigenvalue weighted by Crippen LogP contribution is 2.28. The predicted molar refractivity (Wildman–Crippen MR) is 110 cm³/mol. The highest BCUT2D eigenvalue weighted by atomic mass is 35.5. The van der Waals surface area contributed by atoms with E-state index in [1.165, 1.54) is 11.9 Å². The summed E-state index contributed by atoms with van der Waals surface area (Å²) in [6.07, 6.45) is 4.21. The van der Waals surface area contributed by atoms with Gasteiger partial charge < -0.3 is 0 Å². The maximum atomic E-state index is 6.03. The van der Waals surface area contributed by atoms with Crippen LogP contribution in [0.25, 0.3) is 0 Å². The Labute approximate surface area is 168 Å². The van der Waals surface area contributed by atoms with Crippen molar-refractivity contribution in [2.45, 2.75) is 26.8 Å². The summed E-state index contributed by atoms with van der Waals surface area (Å²) in [5, 5.41) is 5.95. The lowest BCUT2D eigenvalue weighted by molar-refractivity contribution is 0.720. The van der Waals surface area contributed by atoms with E-state index in [9.17, 15) is 0 Å². The van der Waals surface area contributed by atoms with Gasteiger partial charge in [0.1, 0.15) is 12.7 Å². The molecule has 0 saturated heterocycles. The molecule has 0 unspecified atom stereocenters. The van der Waals surface area contributed by atoms with Gasteiger partial charge in [-0.05, 0) is 49.2 Å². The molecule has 4 nitrogen and oxygen atoms in total. The molecule has 0 aliphatic rings. The van der Waals surface area contributed by atoms with Crippen LogP contribution in [0.2, 0.25) is 15.1 Å². The fourth-order valence-corrected chi connectivity index (χ4v) is 2.66. The van der Waals surface area contributed by atoms with Crippen molar-refractivity contribution in [2.24, 2.45) is 4.99 Å². The minimum atomic E-state index is 0.537. The maximum Gasteiger partial charge on any atom is 0.137 e. The molecule has 0 aliphatic heterocycles. The minimum absolute atomic E-state index is 0.537. The molecule has 26 heavy (non-hydrogen) atoms. The Bertz CT molecular complexity index is 844. The van der Waals surface area contributed by atoms with Crippen molar-refractivity contribution >= 4 is 46.2 Å². The summed E-state index contributed by atoms with van der Waals surface area (Å²) in [5.74, 6) is 0. The highest BCUT2D eigenvalue weighted by molar-refractivity contribution is 6.36. The number of aromatic nitrogens is 3. The molecule has 3 rings (SSSR count). The minimum Gasteiger partial charge on any atom is -0.255 e. The number of aliphatic imine (C=N–C) groups is 1. The molecule has 0 bridgehead atoms. The van der Waals surface area contributed by atoms with Gasteiger partial charge in [-0.2, -0.15) is 5.10 Å². The zero-order valence-electron chi connectivity index (χ0n) is 14.5. The zero-order chi connectivity index (χ0) is 18.9. The predicted octanol–water partition coefficient (Wildman–Crippen LogP) is 6.28. The first-order chi connectivity index (χ1) is 12.5. The second-order valence-electron chi connectivity index (χ2n) is 5.52. The monoisotopic (exact) mass is 408 g/mol. The van der Waals surface area contributed by atoms with Gasteiger partial charge in [-0.25, -0.2) is 9.67 Å². The van der Waals surface area contributed by atoms with Gasteiger partial charge in [0.2, 0.25) is 0 Å². The number of aryl methyl sites for hydroxylation is 1. The molecule has 0 amide bonds. The first-order valence-corrected chi connectivity index (χ1v) is 9.17. The van der Waals surface area contributed by atoms with Crippen molar-refractivity contribution in [3.63, 3.8) is 0 Å². The highest BCUT2D eigenvalue weighted by Gasteiger charge is 2.01. The quantitative estimate of drug-likeness (QED) is 0.476. The second kappa shape index (κ2) is 10.3. The third-order valence-electron chi connectivity index (χ3n) is 3.40. The molecule has 3 aromatic rings. The van der Waals surface area contributed by atoms with Crippen LogP contribution in [0.4, 0.5) is 5.69 Å². The molecule has 0 radical (unpaired) electrons. The van der Waals surface area contributed by atoms with Crippen LogP contribution in [-0.4, -0.2) is 20.5 Å². The van der Waals surface area contributed by atoms with E-state index in [0.29, 0.717) is 22.3 Å². The van der Waals surface area contributed by atoms with Crippen molar-refractivity contribution in [2.75, 3.05) is 0 Å². The summed E-state index contributed by atoms with van der Waals surface area (Å²) in [6.45, 7) is 4.62. The Morgan fingerprint density at radius 3 is 2.31 bits per heavy atom. The van der Waals surface area contributed by atoms with Crippen LogP contribution in [-0.2, 0) is 13.0 Å². The van der Waals surface area contributed by atoms with Gasteiger partial charge in [-0.3, -0.25) is 4.99 Å². The van der Waals surface area contributed by atoms with Gasteiger partial charge in [-0.1, -0.05) is 53.9 Å². The number of hydrogen-bond acceptors (Lipinski definition) is 3. The molecule has 0 N–H and O–H groups in total. The lowest BCUT2D eigenvalue weighted by atomic mass is 10.2. The molecule has 2 aromatic carbocycles. The second-order valence-corrected chi connectivity index (χ2v) is 6.80. The van der Waals surface area contributed by atoms with Gasteiger partial charge in [0, 0.05) is 15.8 Å². The van der Waals surface area contributed by atoms with Gasteiger partial charge in [0.25, 0.3) is 0 Å².